The minimum atomic E-state index is 0.0678. The monoisotopic (exact) mass is 227 g/mol. The molecule has 1 fully saturated rings. The summed E-state index contributed by atoms with van der Waals surface area (Å²) in [5.74, 6) is 0. The highest BCUT2D eigenvalue weighted by molar-refractivity contribution is 5.74. The Balaban J connectivity index is 2.44. The van der Waals surface area contributed by atoms with Gasteiger partial charge < -0.3 is 15.5 Å². The van der Waals surface area contributed by atoms with E-state index in [0.717, 1.165) is 25.9 Å². The van der Waals surface area contributed by atoms with Gasteiger partial charge in [-0.3, -0.25) is 0 Å². The van der Waals surface area contributed by atoms with Gasteiger partial charge in [0.1, 0.15) is 0 Å². The number of piperidine rings is 1. The van der Waals surface area contributed by atoms with Crippen LogP contribution in [0.4, 0.5) is 4.79 Å². The molecule has 16 heavy (non-hydrogen) atoms. The van der Waals surface area contributed by atoms with Gasteiger partial charge in [0.05, 0.1) is 0 Å². The Bertz CT molecular complexity index is 228. The molecule has 2 amide bonds. The molecule has 1 heterocycles. The van der Waals surface area contributed by atoms with Gasteiger partial charge in [-0.05, 0) is 40.5 Å². The fraction of sp³-hybridized carbons (Fsp3) is 0.917. The zero-order chi connectivity index (χ0) is 12.1. The fourth-order valence-electron chi connectivity index (χ4n) is 2.29. The minimum Gasteiger partial charge on any atom is -0.334 e. The third kappa shape index (κ3) is 3.37. The first kappa shape index (κ1) is 13.3. The molecule has 0 saturated carbocycles. The molecule has 0 spiro atoms. The standard InChI is InChI=1S/C12H25N3O/c1-5-15(6-2)12(16)14-11-8-7-9(3)13-10(11)4/h9-11,13H,5-8H2,1-4H3,(H,14,16). The van der Waals surface area contributed by atoms with E-state index in [0.29, 0.717) is 12.1 Å². The van der Waals surface area contributed by atoms with Crippen LogP contribution < -0.4 is 10.6 Å². The largest absolute Gasteiger partial charge is 0.334 e. The molecule has 1 aliphatic rings. The van der Waals surface area contributed by atoms with E-state index in [1.54, 1.807) is 0 Å². The predicted molar refractivity (Wildman–Crippen MR) is 66.5 cm³/mol. The quantitative estimate of drug-likeness (QED) is 0.768. The van der Waals surface area contributed by atoms with Gasteiger partial charge in [0.2, 0.25) is 0 Å². The minimum absolute atomic E-state index is 0.0678. The van der Waals surface area contributed by atoms with Crippen LogP contribution in [0.1, 0.15) is 40.5 Å². The first-order chi connectivity index (χ1) is 7.58. The summed E-state index contributed by atoms with van der Waals surface area (Å²) < 4.78 is 0. The number of carbonyl (C=O) groups excluding carboxylic acids is 1. The Morgan fingerprint density at radius 2 is 1.94 bits per heavy atom. The lowest BCUT2D eigenvalue weighted by Crippen LogP contribution is -2.57. The zero-order valence-electron chi connectivity index (χ0n) is 10.9. The second kappa shape index (κ2) is 6.09. The summed E-state index contributed by atoms with van der Waals surface area (Å²) in [5.41, 5.74) is 0. The maximum absolute atomic E-state index is 11.9. The lowest BCUT2D eigenvalue weighted by Gasteiger charge is -2.35. The molecule has 3 unspecified atom stereocenters. The van der Waals surface area contributed by atoms with E-state index < -0.39 is 0 Å². The summed E-state index contributed by atoms with van der Waals surface area (Å²) in [6, 6.07) is 1.27. The van der Waals surface area contributed by atoms with Gasteiger partial charge in [0.25, 0.3) is 0 Å². The Kier molecular flexibility index (Phi) is 5.06. The van der Waals surface area contributed by atoms with Gasteiger partial charge in [-0.1, -0.05) is 0 Å². The highest BCUT2D eigenvalue weighted by Crippen LogP contribution is 2.13. The van der Waals surface area contributed by atoms with Crippen molar-refractivity contribution in [3.63, 3.8) is 0 Å². The molecule has 0 bridgehead atoms. The molecule has 94 valence electrons. The highest BCUT2D eigenvalue weighted by Gasteiger charge is 2.26. The van der Waals surface area contributed by atoms with Crippen molar-refractivity contribution in [2.24, 2.45) is 0 Å². The van der Waals surface area contributed by atoms with E-state index in [4.69, 9.17) is 0 Å². The van der Waals surface area contributed by atoms with E-state index in [1.165, 1.54) is 0 Å². The van der Waals surface area contributed by atoms with Crippen LogP contribution in [0.2, 0.25) is 0 Å². The van der Waals surface area contributed by atoms with E-state index in [2.05, 4.69) is 24.5 Å². The van der Waals surface area contributed by atoms with Crippen molar-refractivity contribution in [3.8, 4) is 0 Å². The van der Waals surface area contributed by atoms with Gasteiger partial charge in [0, 0.05) is 31.2 Å². The molecule has 0 aliphatic carbocycles. The average Bonchev–Trinajstić information content (AvgIpc) is 2.24. The van der Waals surface area contributed by atoms with Gasteiger partial charge in [-0.2, -0.15) is 0 Å². The number of nitrogens with zero attached hydrogens (tertiary/aromatic N) is 1. The third-order valence-corrected chi connectivity index (χ3v) is 3.42. The van der Waals surface area contributed by atoms with Gasteiger partial charge in [0.15, 0.2) is 0 Å². The van der Waals surface area contributed by atoms with Crippen molar-refractivity contribution in [1.82, 2.24) is 15.5 Å². The second-order valence-electron chi connectivity index (χ2n) is 4.66. The molecular weight excluding hydrogens is 202 g/mol. The summed E-state index contributed by atoms with van der Waals surface area (Å²) in [6.07, 6.45) is 2.20. The number of nitrogens with one attached hydrogen (secondary N) is 2. The van der Waals surface area contributed by atoms with Gasteiger partial charge in [-0.15, -0.1) is 0 Å². The molecular formula is C12H25N3O. The summed E-state index contributed by atoms with van der Waals surface area (Å²) in [7, 11) is 0. The first-order valence-corrected chi connectivity index (χ1v) is 6.39. The summed E-state index contributed by atoms with van der Waals surface area (Å²) in [4.78, 5) is 13.7. The van der Waals surface area contributed by atoms with Crippen LogP contribution in [-0.2, 0) is 0 Å². The van der Waals surface area contributed by atoms with Crippen molar-refractivity contribution in [2.45, 2.75) is 58.7 Å². The molecule has 0 aromatic heterocycles. The molecule has 4 heteroatoms. The van der Waals surface area contributed by atoms with Crippen molar-refractivity contribution in [2.75, 3.05) is 13.1 Å². The third-order valence-electron chi connectivity index (χ3n) is 3.42. The molecule has 0 aromatic rings. The second-order valence-corrected chi connectivity index (χ2v) is 4.66. The first-order valence-electron chi connectivity index (χ1n) is 6.39. The van der Waals surface area contributed by atoms with E-state index in [-0.39, 0.29) is 12.1 Å². The number of carbonyl (C=O) groups is 1. The smallest absolute Gasteiger partial charge is 0.317 e. The molecule has 0 aromatic carbocycles. The van der Waals surface area contributed by atoms with Crippen LogP contribution in [0.3, 0.4) is 0 Å². The van der Waals surface area contributed by atoms with E-state index >= 15 is 0 Å². The van der Waals surface area contributed by atoms with Gasteiger partial charge >= 0.3 is 6.03 Å². The highest BCUT2D eigenvalue weighted by atomic mass is 16.2. The molecule has 3 atom stereocenters. The number of urea groups is 1. The van der Waals surface area contributed by atoms with E-state index in [1.807, 2.05) is 18.7 Å². The molecule has 4 nitrogen and oxygen atoms in total. The average molecular weight is 227 g/mol. The number of hydrogen-bond donors (Lipinski definition) is 2. The molecule has 1 rings (SSSR count). The maximum atomic E-state index is 11.9. The SMILES string of the molecule is CCN(CC)C(=O)NC1CCC(C)NC1C. The molecule has 2 N–H and O–H groups in total. The number of rotatable bonds is 3. The normalized spacial score (nSPS) is 29.9. The number of amides is 2. The van der Waals surface area contributed by atoms with Crippen molar-refractivity contribution in [1.29, 1.82) is 0 Å². The summed E-state index contributed by atoms with van der Waals surface area (Å²) >= 11 is 0. The Labute approximate surface area is 98.8 Å². The zero-order valence-corrected chi connectivity index (χ0v) is 10.9. The van der Waals surface area contributed by atoms with Crippen molar-refractivity contribution >= 4 is 6.03 Å². The molecule has 0 radical (unpaired) electrons. The van der Waals surface area contributed by atoms with Crippen LogP contribution >= 0.6 is 0 Å². The summed E-state index contributed by atoms with van der Waals surface area (Å²) in [5, 5.41) is 6.59. The fourth-order valence-corrected chi connectivity index (χ4v) is 2.29. The van der Waals surface area contributed by atoms with Crippen molar-refractivity contribution < 1.29 is 4.79 Å². The molecule has 1 saturated heterocycles. The predicted octanol–water partition coefficient (Wildman–Crippen LogP) is 1.57. The van der Waals surface area contributed by atoms with Crippen LogP contribution in [0.15, 0.2) is 0 Å². The topological polar surface area (TPSA) is 44.4 Å². The maximum Gasteiger partial charge on any atom is 0.317 e. The lowest BCUT2D eigenvalue weighted by molar-refractivity contribution is 0.188. The van der Waals surface area contributed by atoms with Gasteiger partial charge in [-0.25, -0.2) is 4.79 Å². The van der Waals surface area contributed by atoms with Crippen molar-refractivity contribution in [3.05, 3.63) is 0 Å². The van der Waals surface area contributed by atoms with Crippen LogP contribution in [0.25, 0.3) is 0 Å². The van der Waals surface area contributed by atoms with E-state index in [9.17, 15) is 4.79 Å². The van der Waals surface area contributed by atoms with Crippen LogP contribution in [0.5, 0.6) is 0 Å². The Morgan fingerprint density at radius 1 is 1.31 bits per heavy atom. The van der Waals surface area contributed by atoms with Crippen LogP contribution in [-0.4, -0.2) is 42.1 Å². The Morgan fingerprint density at radius 3 is 2.44 bits per heavy atom. The number of hydrogen-bond acceptors (Lipinski definition) is 2. The Hall–Kier alpha value is -0.770. The van der Waals surface area contributed by atoms with Crippen LogP contribution in [0, 0.1) is 0 Å². The molecule has 1 aliphatic heterocycles. The summed E-state index contributed by atoms with van der Waals surface area (Å²) in [6.45, 7) is 9.89. The lowest BCUT2D eigenvalue weighted by atomic mass is 9.95.